The van der Waals surface area contributed by atoms with Gasteiger partial charge < -0.3 is 4.90 Å². The standard InChI is InChI=1S/C54H37N/c1-2-15-39(16-3-1)48-20-8-10-22-51(48)53-24-12-13-25-54(53)52-23-11-9-21-49(52)41-29-31-44(32-30-41)55(45-33-28-38-14-4-5-18-42(38)36-45)46-34-35-50-43(37-46)27-26-40-17-6-7-19-47(40)50/h1-37H. The largest absolute Gasteiger partial charge is 0.310 e. The summed E-state index contributed by atoms with van der Waals surface area (Å²) in [7, 11) is 0. The summed E-state index contributed by atoms with van der Waals surface area (Å²) in [6.07, 6.45) is 0. The molecule has 0 aliphatic rings. The topological polar surface area (TPSA) is 3.24 Å². The van der Waals surface area contributed by atoms with E-state index < -0.39 is 0 Å². The zero-order valence-electron chi connectivity index (χ0n) is 30.3. The van der Waals surface area contributed by atoms with E-state index in [2.05, 4.69) is 229 Å². The monoisotopic (exact) mass is 699 g/mol. The van der Waals surface area contributed by atoms with Crippen LogP contribution >= 0.6 is 0 Å². The lowest BCUT2D eigenvalue weighted by atomic mass is 9.87. The van der Waals surface area contributed by atoms with E-state index in [1.54, 1.807) is 0 Å². The third-order valence-electron chi connectivity index (χ3n) is 10.9. The second-order valence-corrected chi connectivity index (χ2v) is 14.1. The summed E-state index contributed by atoms with van der Waals surface area (Å²) < 4.78 is 0. The molecule has 0 aliphatic heterocycles. The normalized spacial score (nSPS) is 11.3. The molecule has 10 aromatic rings. The van der Waals surface area contributed by atoms with Gasteiger partial charge in [0, 0.05) is 17.1 Å². The maximum Gasteiger partial charge on any atom is 0.0468 e. The van der Waals surface area contributed by atoms with E-state index in [0.29, 0.717) is 0 Å². The molecule has 0 fully saturated rings. The molecule has 0 heterocycles. The van der Waals surface area contributed by atoms with Crippen molar-refractivity contribution in [2.45, 2.75) is 0 Å². The van der Waals surface area contributed by atoms with E-state index in [4.69, 9.17) is 0 Å². The second-order valence-electron chi connectivity index (χ2n) is 14.1. The SMILES string of the molecule is c1ccc(-c2ccccc2-c2ccccc2-c2ccccc2-c2ccc(N(c3ccc4ccccc4c3)c3ccc4c(ccc5ccccc54)c3)cc2)cc1. The molecule has 0 spiro atoms. The number of nitrogens with zero attached hydrogens (tertiary/aromatic N) is 1. The lowest BCUT2D eigenvalue weighted by molar-refractivity contribution is 1.29. The molecule has 0 unspecified atom stereocenters. The van der Waals surface area contributed by atoms with Crippen LogP contribution < -0.4 is 4.90 Å². The van der Waals surface area contributed by atoms with Crippen molar-refractivity contribution in [1.29, 1.82) is 0 Å². The van der Waals surface area contributed by atoms with Crippen LogP contribution in [0.3, 0.4) is 0 Å². The van der Waals surface area contributed by atoms with Gasteiger partial charge in [0.1, 0.15) is 0 Å². The fraction of sp³-hybridized carbons (Fsp3) is 0. The first-order valence-corrected chi connectivity index (χ1v) is 18.9. The van der Waals surface area contributed by atoms with Crippen LogP contribution in [0.4, 0.5) is 17.1 Å². The first-order valence-electron chi connectivity index (χ1n) is 18.9. The molecule has 0 aliphatic carbocycles. The van der Waals surface area contributed by atoms with Gasteiger partial charge in [0.2, 0.25) is 0 Å². The Morgan fingerprint density at radius 2 is 0.618 bits per heavy atom. The van der Waals surface area contributed by atoms with Gasteiger partial charge in [-0.1, -0.05) is 188 Å². The molecule has 1 heteroatoms. The van der Waals surface area contributed by atoms with Crippen molar-refractivity contribution in [1.82, 2.24) is 0 Å². The van der Waals surface area contributed by atoms with E-state index in [1.807, 2.05) is 0 Å². The Kier molecular flexibility index (Phi) is 8.24. The van der Waals surface area contributed by atoms with Crippen LogP contribution in [0.5, 0.6) is 0 Å². The maximum absolute atomic E-state index is 2.38. The first kappa shape index (κ1) is 32.4. The minimum absolute atomic E-state index is 1.11. The average Bonchev–Trinajstić information content (AvgIpc) is 3.27. The fourth-order valence-corrected chi connectivity index (χ4v) is 8.20. The van der Waals surface area contributed by atoms with Crippen molar-refractivity contribution in [2.75, 3.05) is 4.90 Å². The summed E-state index contributed by atoms with van der Waals surface area (Å²) >= 11 is 0. The number of benzene rings is 10. The Labute approximate surface area is 322 Å². The number of hydrogen-bond donors (Lipinski definition) is 0. The summed E-state index contributed by atoms with van der Waals surface area (Å²) in [5, 5.41) is 7.47. The van der Waals surface area contributed by atoms with Gasteiger partial charge in [-0.2, -0.15) is 0 Å². The van der Waals surface area contributed by atoms with Crippen molar-refractivity contribution < 1.29 is 0 Å². The van der Waals surface area contributed by atoms with Crippen LogP contribution in [0.15, 0.2) is 224 Å². The van der Waals surface area contributed by atoms with Crippen LogP contribution in [-0.4, -0.2) is 0 Å². The molecule has 55 heavy (non-hydrogen) atoms. The number of anilines is 3. The molecule has 0 saturated heterocycles. The molecule has 0 atom stereocenters. The highest BCUT2D eigenvalue weighted by atomic mass is 15.1. The Morgan fingerprint density at radius 1 is 0.218 bits per heavy atom. The number of fused-ring (bicyclic) bond motifs is 4. The van der Waals surface area contributed by atoms with E-state index in [9.17, 15) is 0 Å². The molecule has 0 N–H and O–H groups in total. The van der Waals surface area contributed by atoms with Gasteiger partial charge in [-0.25, -0.2) is 0 Å². The highest BCUT2D eigenvalue weighted by molar-refractivity contribution is 6.08. The van der Waals surface area contributed by atoms with Crippen LogP contribution in [-0.2, 0) is 0 Å². The van der Waals surface area contributed by atoms with E-state index >= 15 is 0 Å². The molecule has 0 radical (unpaired) electrons. The highest BCUT2D eigenvalue weighted by Crippen LogP contribution is 2.43. The molecule has 10 rings (SSSR count). The second kappa shape index (κ2) is 14.0. The molecule has 0 saturated carbocycles. The summed E-state index contributed by atoms with van der Waals surface area (Å²) in [5.41, 5.74) is 13.0. The lowest BCUT2D eigenvalue weighted by Gasteiger charge is -2.26. The van der Waals surface area contributed by atoms with Crippen molar-refractivity contribution in [3.63, 3.8) is 0 Å². The fourth-order valence-electron chi connectivity index (χ4n) is 8.20. The highest BCUT2D eigenvalue weighted by Gasteiger charge is 2.18. The van der Waals surface area contributed by atoms with Gasteiger partial charge in [0.15, 0.2) is 0 Å². The number of hydrogen-bond acceptors (Lipinski definition) is 1. The van der Waals surface area contributed by atoms with Crippen molar-refractivity contribution in [2.24, 2.45) is 0 Å². The van der Waals surface area contributed by atoms with Gasteiger partial charge >= 0.3 is 0 Å². The van der Waals surface area contributed by atoms with Crippen LogP contribution in [0.1, 0.15) is 0 Å². The molecule has 0 amide bonds. The smallest absolute Gasteiger partial charge is 0.0468 e. The van der Waals surface area contributed by atoms with E-state index in [0.717, 1.165) is 17.1 Å². The van der Waals surface area contributed by atoms with Gasteiger partial charge in [-0.3, -0.25) is 0 Å². The molecule has 1 nitrogen and oxygen atoms in total. The van der Waals surface area contributed by atoms with Gasteiger partial charge in [-0.15, -0.1) is 0 Å². The zero-order valence-corrected chi connectivity index (χ0v) is 30.3. The molecular weight excluding hydrogens is 663 g/mol. The molecule has 0 bridgehead atoms. The van der Waals surface area contributed by atoms with Gasteiger partial charge in [0.05, 0.1) is 0 Å². The van der Waals surface area contributed by atoms with E-state index in [-0.39, 0.29) is 0 Å². The number of rotatable bonds is 7. The summed E-state index contributed by atoms with van der Waals surface area (Å²) in [4.78, 5) is 2.38. The van der Waals surface area contributed by atoms with E-state index in [1.165, 1.54) is 76.8 Å². The third kappa shape index (κ3) is 6.02. The molecule has 10 aromatic carbocycles. The third-order valence-corrected chi connectivity index (χ3v) is 10.9. The first-order chi connectivity index (χ1) is 27.3. The Balaban J connectivity index is 1.08. The van der Waals surface area contributed by atoms with Crippen LogP contribution in [0, 0.1) is 0 Å². The van der Waals surface area contributed by atoms with Crippen molar-refractivity contribution in [3.8, 4) is 44.5 Å². The van der Waals surface area contributed by atoms with Gasteiger partial charge in [0.25, 0.3) is 0 Å². The minimum Gasteiger partial charge on any atom is -0.310 e. The summed E-state index contributed by atoms with van der Waals surface area (Å²) in [5.74, 6) is 0. The summed E-state index contributed by atoms with van der Waals surface area (Å²) in [6.45, 7) is 0. The molecule has 258 valence electrons. The maximum atomic E-state index is 2.38. The Bertz CT molecular complexity index is 2980. The predicted molar refractivity (Wildman–Crippen MR) is 235 cm³/mol. The zero-order chi connectivity index (χ0) is 36.6. The average molecular weight is 700 g/mol. The van der Waals surface area contributed by atoms with Crippen LogP contribution in [0.2, 0.25) is 0 Å². The van der Waals surface area contributed by atoms with Crippen molar-refractivity contribution >= 4 is 49.4 Å². The lowest BCUT2D eigenvalue weighted by Crippen LogP contribution is -2.10. The molecular formula is C54H37N. The van der Waals surface area contributed by atoms with Crippen LogP contribution in [0.25, 0.3) is 76.8 Å². The quantitative estimate of drug-likeness (QED) is 0.150. The Morgan fingerprint density at radius 3 is 1.27 bits per heavy atom. The minimum atomic E-state index is 1.11. The Hall–Kier alpha value is -7.22. The van der Waals surface area contributed by atoms with Crippen molar-refractivity contribution in [3.05, 3.63) is 224 Å². The molecule has 0 aromatic heterocycles. The van der Waals surface area contributed by atoms with Gasteiger partial charge in [-0.05, 0) is 113 Å². The predicted octanol–water partition coefficient (Wildman–Crippen LogP) is 15.3. The summed E-state index contributed by atoms with van der Waals surface area (Å²) in [6, 6.07) is 81.4.